The number of rotatable bonds is 9. The first kappa shape index (κ1) is 24.7. The molecule has 0 bridgehead atoms. The summed E-state index contributed by atoms with van der Waals surface area (Å²) in [6, 6.07) is 9.57. The van der Waals surface area contributed by atoms with Crippen molar-refractivity contribution in [3.63, 3.8) is 0 Å². The number of likely N-dealkylation sites (tertiary alicyclic amines) is 1. The van der Waals surface area contributed by atoms with Gasteiger partial charge in [-0.15, -0.1) is 0 Å². The van der Waals surface area contributed by atoms with Crippen molar-refractivity contribution in [2.24, 2.45) is 11.8 Å². The lowest BCUT2D eigenvalue weighted by molar-refractivity contribution is -0.150. The molecule has 0 saturated carbocycles. The third-order valence-corrected chi connectivity index (χ3v) is 6.96. The second-order valence-electron chi connectivity index (χ2n) is 9.85. The summed E-state index contributed by atoms with van der Waals surface area (Å²) in [7, 11) is -0.267. The first-order chi connectivity index (χ1) is 15.1. The number of hydrogen-bond donors (Lipinski definition) is 1. The van der Waals surface area contributed by atoms with Crippen LogP contribution in [0.4, 0.5) is 0 Å². The smallest absolute Gasteiger partial charge is 0.457 e. The molecule has 1 unspecified atom stereocenters. The Morgan fingerprint density at radius 3 is 2.41 bits per heavy atom. The molecule has 1 amide bonds. The Labute approximate surface area is 191 Å². The zero-order chi connectivity index (χ0) is 23.4. The Balaban J connectivity index is 1.56. The van der Waals surface area contributed by atoms with Crippen molar-refractivity contribution in [2.45, 2.75) is 71.1 Å². The molecule has 3 rings (SSSR count). The summed E-state index contributed by atoms with van der Waals surface area (Å²) in [6.45, 7) is 9.02. The highest BCUT2D eigenvalue weighted by atomic mass is 16.7. The maximum atomic E-state index is 12.9. The minimum absolute atomic E-state index is 0.0170. The average Bonchev–Trinajstić information content (AvgIpc) is 3.25. The number of aliphatic hydroxyl groups is 1. The van der Waals surface area contributed by atoms with Gasteiger partial charge in [-0.1, -0.05) is 36.8 Å². The van der Waals surface area contributed by atoms with Gasteiger partial charge in [0.25, 0.3) is 0 Å². The SMILES string of the molecule is CC1(C)OB(CCC[C@H]2CN(C(=O)CCO)CC2C(=O)OCc2ccccc2)OC1(C)C. The molecule has 0 aliphatic carbocycles. The molecule has 32 heavy (non-hydrogen) atoms. The van der Waals surface area contributed by atoms with Crippen LogP contribution in [0.3, 0.4) is 0 Å². The van der Waals surface area contributed by atoms with Crippen molar-refractivity contribution in [1.82, 2.24) is 4.90 Å². The van der Waals surface area contributed by atoms with Gasteiger partial charge in [0, 0.05) is 19.5 Å². The van der Waals surface area contributed by atoms with E-state index >= 15 is 0 Å². The lowest BCUT2D eigenvalue weighted by atomic mass is 9.79. The highest BCUT2D eigenvalue weighted by molar-refractivity contribution is 6.45. The van der Waals surface area contributed by atoms with Crippen molar-refractivity contribution in [3.8, 4) is 0 Å². The summed E-state index contributed by atoms with van der Waals surface area (Å²) in [5.74, 6) is -0.737. The van der Waals surface area contributed by atoms with Crippen LogP contribution in [0.1, 0.15) is 52.5 Å². The number of esters is 1. The van der Waals surface area contributed by atoms with Crippen LogP contribution in [0.25, 0.3) is 0 Å². The topological polar surface area (TPSA) is 85.3 Å². The Morgan fingerprint density at radius 1 is 1.12 bits per heavy atom. The minimum atomic E-state index is -0.361. The van der Waals surface area contributed by atoms with Crippen LogP contribution < -0.4 is 0 Å². The molecule has 8 heteroatoms. The van der Waals surface area contributed by atoms with Gasteiger partial charge >= 0.3 is 13.1 Å². The van der Waals surface area contributed by atoms with Crippen molar-refractivity contribution in [3.05, 3.63) is 35.9 Å². The number of hydrogen-bond acceptors (Lipinski definition) is 6. The van der Waals surface area contributed by atoms with Gasteiger partial charge < -0.3 is 24.1 Å². The van der Waals surface area contributed by atoms with E-state index in [1.54, 1.807) is 4.90 Å². The quantitative estimate of drug-likeness (QED) is 0.465. The number of carbonyl (C=O) groups is 2. The van der Waals surface area contributed by atoms with Gasteiger partial charge in [0.05, 0.1) is 23.7 Å². The molecule has 0 radical (unpaired) electrons. The molecular formula is C24H36BNO6. The van der Waals surface area contributed by atoms with Crippen LogP contribution in [0.15, 0.2) is 30.3 Å². The summed E-state index contributed by atoms with van der Waals surface area (Å²) in [6.07, 6.45) is 2.41. The largest absolute Gasteiger partial charge is 0.461 e. The first-order valence-electron chi connectivity index (χ1n) is 11.6. The fraction of sp³-hybridized carbons (Fsp3) is 0.667. The first-order valence-corrected chi connectivity index (χ1v) is 11.6. The van der Waals surface area contributed by atoms with Crippen LogP contribution in [0, 0.1) is 11.8 Å². The number of carbonyl (C=O) groups excluding carboxylic acids is 2. The highest BCUT2D eigenvalue weighted by Crippen LogP contribution is 2.38. The zero-order valence-corrected chi connectivity index (χ0v) is 19.7. The van der Waals surface area contributed by atoms with Crippen LogP contribution in [-0.4, -0.2) is 59.9 Å². The van der Waals surface area contributed by atoms with Crippen molar-refractivity contribution in [2.75, 3.05) is 19.7 Å². The maximum absolute atomic E-state index is 12.9. The van der Waals surface area contributed by atoms with Crippen LogP contribution in [-0.2, 0) is 30.2 Å². The van der Waals surface area contributed by atoms with Gasteiger partial charge in [-0.3, -0.25) is 9.59 Å². The van der Waals surface area contributed by atoms with E-state index in [-0.39, 0.29) is 61.7 Å². The van der Waals surface area contributed by atoms with E-state index in [2.05, 4.69) is 0 Å². The molecule has 2 heterocycles. The predicted molar refractivity (Wildman–Crippen MR) is 122 cm³/mol. The summed E-state index contributed by atoms with van der Waals surface area (Å²) >= 11 is 0. The molecule has 2 aliphatic heterocycles. The molecule has 1 aromatic carbocycles. The summed E-state index contributed by atoms with van der Waals surface area (Å²) in [5.41, 5.74) is 0.217. The van der Waals surface area contributed by atoms with Gasteiger partial charge in [0.2, 0.25) is 5.91 Å². The number of ether oxygens (including phenoxy) is 1. The zero-order valence-electron chi connectivity index (χ0n) is 19.7. The van der Waals surface area contributed by atoms with E-state index in [0.717, 1.165) is 24.7 Å². The highest BCUT2D eigenvalue weighted by Gasteiger charge is 2.50. The lowest BCUT2D eigenvalue weighted by Crippen LogP contribution is -2.41. The molecule has 7 nitrogen and oxygen atoms in total. The van der Waals surface area contributed by atoms with Crippen LogP contribution in [0.5, 0.6) is 0 Å². The van der Waals surface area contributed by atoms with Crippen molar-refractivity contribution >= 4 is 19.0 Å². The van der Waals surface area contributed by atoms with Gasteiger partial charge in [-0.2, -0.15) is 0 Å². The Hall–Kier alpha value is -1.90. The summed E-state index contributed by atoms with van der Waals surface area (Å²) in [5, 5.41) is 9.13. The van der Waals surface area contributed by atoms with Crippen LogP contribution >= 0.6 is 0 Å². The third-order valence-electron chi connectivity index (χ3n) is 6.96. The number of benzene rings is 1. The predicted octanol–water partition coefficient (Wildman–Crippen LogP) is 3.06. The van der Waals surface area contributed by atoms with Gasteiger partial charge in [0.1, 0.15) is 6.61 Å². The summed E-state index contributed by atoms with van der Waals surface area (Å²) in [4.78, 5) is 26.9. The Kier molecular flexibility index (Phi) is 8.01. The average molecular weight is 445 g/mol. The van der Waals surface area contributed by atoms with E-state index in [1.165, 1.54) is 0 Å². The van der Waals surface area contributed by atoms with Crippen LogP contribution in [0.2, 0.25) is 6.32 Å². The van der Waals surface area contributed by atoms with Gasteiger partial charge in [-0.25, -0.2) is 0 Å². The standard InChI is InChI=1S/C24H36BNO6/c1-23(2)24(3,4)32-25(31-23)13-8-11-19-15-26(21(28)12-14-27)16-20(19)22(29)30-17-18-9-6-5-7-10-18/h5-7,9-10,19-20,27H,8,11-17H2,1-4H3/t19-,20?/m0/s1. The molecule has 2 fully saturated rings. The van der Waals surface area contributed by atoms with E-state index < -0.39 is 0 Å². The molecule has 0 spiro atoms. The minimum Gasteiger partial charge on any atom is -0.461 e. The number of amides is 1. The van der Waals surface area contributed by atoms with E-state index in [0.29, 0.717) is 13.1 Å². The monoisotopic (exact) mass is 445 g/mol. The molecule has 176 valence electrons. The van der Waals surface area contributed by atoms with Crippen molar-refractivity contribution in [1.29, 1.82) is 0 Å². The van der Waals surface area contributed by atoms with E-state index in [1.807, 2.05) is 58.0 Å². The lowest BCUT2D eigenvalue weighted by Gasteiger charge is -2.32. The normalized spacial score (nSPS) is 24.0. The maximum Gasteiger partial charge on any atom is 0.457 e. The number of aliphatic hydroxyl groups excluding tert-OH is 1. The fourth-order valence-corrected chi connectivity index (χ4v) is 4.35. The molecule has 2 saturated heterocycles. The molecule has 0 aromatic heterocycles. The second-order valence-corrected chi connectivity index (χ2v) is 9.85. The molecule has 2 atom stereocenters. The van der Waals surface area contributed by atoms with Gasteiger partial charge in [-0.05, 0) is 51.9 Å². The molecular weight excluding hydrogens is 409 g/mol. The molecule has 1 aromatic rings. The van der Waals surface area contributed by atoms with E-state index in [9.17, 15) is 9.59 Å². The van der Waals surface area contributed by atoms with E-state index in [4.69, 9.17) is 19.2 Å². The van der Waals surface area contributed by atoms with Crippen molar-refractivity contribution < 1.29 is 28.7 Å². The Morgan fingerprint density at radius 2 is 1.78 bits per heavy atom. The van der Waals surface area contributed by atoms with Gasteiger partial charge in [0.15, 0.2) is 0 Å². The molecule has 2 aliphatic rings. The fourth-order valence-electron chi connectivity index (χ4n) is 4.35. The number of nitrogens with zero attached hydrogens (tertiary/aromatic N) is 1. The summed E-state index contributed by atoms with van der Waals surface area (Å²) < 4.78 is 17.7. The second kappa shape index (κ2) is 10.4. The Bertz CT molecular complexity index is 768. The molecule has 1 N–H and O–H groups in total. The third kappa shape index (κ3) is 5.91.